The lowest BCUT2D eigenvalue weighted by atomic mass is 9.98. The second-order valence-electron chi connectivity index (χ2n) is 10.8. The van der Waals surface area contributed by atoms with Gasteiger partial charge in [-0.1, -0.05) is 31.0 Å². The average molecular weight is 551 g/mol. The van der Waals surface area contributed by atoms with Crippen LogP contribution in [0.4, 0.5) is 4.39 Å². The molecular formula is C30H35FN4O5. The van der Waals surface area contributed by atoms with Crippen molar-refractivity contribution >= 4 is 17.5 Å². The Morgan fingerprint density at radius 3 is 2.52 bits per heavy atom. The van der Waals surface area contributed by atoms with Gasteiger partial charge in [-0.3, -0.25) is 14.5 Å². The molecule has 3 aliphatic heterocycles. The van der Waals surface area contributed by atoms with Crippen molar-refractivity contribution in [3.05, 3.63) is 59.4 Å². The smallest absolute Gasteiger partial charge is 0.262 e. The van der Waals surface area contributed by atoms with Crippen molar-refractivity contribution in [2.75, 3.05) is 52.7 Å². The molecule has 0 aromatic heterocycles. The number of amides is 2. The molecule has 0 bridgehead atoms. The minimum atomic E-state index is -0.385. The fourth-order valence-corrected chi connectivity index (χ4v) is 5.96. The summed E-state index contributed by atoms with van der Waals surface area (Å²) in [4.78, 5) is 31.5. The second kappa shape index (κ2) is 11.9. The maximum Gasteiger partial charge on any atom is 0.262 e. The summed E-state index contributed by atoms with van der Waals surface area (Å²) < 4.78 is 30.2. The number of hydrogen-bond acceptors (Lipinski definition) is 7. The third-order valence-electron chi connectivity index (χ3n) is 8.26. The predicted octanol–water partition coefficient (Wildman–Crippen LogP) is 3.58. The van der Waals surface area contributed by atoms with Gasteiger partial charge in [0.2, 0.25) is 12.7 Å². The number of fused-ring (bicyclic) bond motifs is 1. The van der Waals surface area contributed by atoms with Crippen LogP contribution in [0.5, 0.6) is 11.5 Å². The summed E-state index contributed by atoms with van der Waals surface area (Å²) in [6, 6.07) is 11.4. The minimum absolute atomic E-state index is 0.0287. The minimum Gasteiger partial charge on any atom is -0.454 e. The number of rotatable bonds is 8. The van der Waals surface area contributed by atoms with Crippen LogP contribution in [-0.4, -0.2) is 85.1 Å². The monoisotopic (exact) mass is 550 g/mol. The number of ether oxygens (including phenoxy) is 3. The molecule has 2 aromatic rings. The lowest BCUT2D eigenvalue weighted by molar-refractivity contribution is -0.144. The molecule has 4 aliphatic rings. The van der Waals surface area contributed by atoms with Crippen molar-refractivity contribution in [2.24, 2.45) is 11.0 Å². The molecule has 1 saturated carbocycles. The van der Waals surface area contributed by atoms with E-state index in [0.29, 0.717) is 49.9 Å². The van der Waals surface area contributed by atoms with E-state index in [2.05, 4.69) is 4.90 Å². The maximum absolute atomic E-state index is 14.0. The predicted molar refractivity (Wildman–Crippen MR) is 146 cm³/mol. The van der Waals surface area contributed by atoms with Crippen LogP contribution in [-0.2, 0) is 14.3 Å². The molecule has 3 heterocycles. The molecule has 1 unspecified atom stereocenters. The van der Waals surface area contributed by atoms with E-state index in [1.807, 2.05) is 18.2 Å². The van der Waals surface area contributed by atoms with Gasteiger partial charge >= 0.3 is 0 Å². The SMILES string of the molecule is O=C(C1CCCC1)N(CCN1CCOCC1)CC(=O)N1N=C(c2ccc(F)cc2)CC1c1ccc2c(c1)OCO2. The fourth-order valence-electron chi connectivity index (χ4n) is 5.96. The number of nitrogens with zero attached hydrogens (tertiary/aromatic N) is 4. The zero-order valence-electron chi connectivity index (χ0n) is 22.6. The van der Waals surface area contributed by atoms with Crippen LogP contribution in [0.2, 0.25) is 0 Å². The molecule has 10 heteroatoms. The highest BCUT2D eigenvalue weighted by Crippen LogP contribution is 2.39. The molecule has 9 nitrogen and oxygen atoms in total. The number of hydrazone groups is 1. The first-order valence-electron chi connectivity index (χ1n) is 14.2. The Labute approximate surface area is 233 Å². The zero-order valence-corrected chi connectivity index (χ0v) is 22.6. The second-order valence-corrected chi connectivity index (χ2v) is 10.8. The Morgan fingerprint density at radius 2 is 1.75 bits per heavy atom. The van der Waals surface area contributed by atoms with Crippen molar-refractivity contribution < 1.29 is 28.2 Å². The molecule has 2 amide bonds. The van der Waals surface area contributed by atoms with Crippen molar-refractivity contribution in [1.82, 2.24) is 14.8 Å². The van der Waals surface area contributed by atoms with E-state index in [9.17, 15) is 14.0 Å². The molecule has 40 heavy (non-hydrogen) atoms. The first kappa shape index (κ1) is 26.7. The molecule has 2 fully saturated rings. The van der Waals surface area contributed by atoms with Gasteiger partial charge in [0.1, 0.15) is 12.4 Å². The van der Waals surface area contributed by atoms with Crippen LogP contribution in [0.15, 0.2) is 47.6 Å². The van der Waals surface area contributed by atoms with Gasteiger partial charge in [0.25, 0.3) is 5.91 Å². The topological polar surface area (TPSA) is 83.9 Å². The summed E-state index contributed by atoms with van der Waals surface area (Å²) in [5.41, 5.74) is 2.31. The first-order chi connectivity index (χ1) is 19.5. The number of halogens is 1. The van der Waals surface area contributed by atoms with Crippen LogP contribution < -0.4 is 9.47 Å². The molecule has 1 atom stereocenters. The maximum atomic E-state index is 14.0. The Balaban J connectivity index is 1.25. The number of benzene rings is 2. The van der Waals surface area contributed by atoms with Crippen LogP contribution in [0.1, 0.15) is 49.3 Å². The Hall–Kier alpha value is -3.50. The van der Waals surface area contributed by atoms with E-state index >= 15 is 0 Å². The summed E-state index contributed by atoms with van der Waals surface area (Å²) in [5, 5.41) is 6.24. The van der Waals surface area contributed by atoms with E-state index in [-0.39, 0.29) is 42.9 Å². The lowest BCUT2D eigenvalue weighted by Crippen LogP contribution is -2.47. The summed E-state index contributed by atoms with van der Waals surface area (Å²) in [6.07, 6.45) is 4.30. The zero-order chi connectivity index (χ0) is 27.5. The molecule has 0 spiro atoms. The summed E-state index contributed by atoms with van der Waals surface area (Å²) >= 11 is 0. The van der Waals surface area contributed by atoms with Crippen molar-refractivity contribution in [3.63, 3.8) is 0 Å². The van der Waals surface area contributed by atoms with Gasteiger partial charge in [-0.05, 0) is 48.2 Å². The molecule has 1 aliphatic carbocycles. The van der Waals surface area contributed by atoms with Gasteiger partial charge in [0.05, 0.1) is 25.0 Å². The van der Waals surface area contributed by atoms with E-state index < -0.39 is 0 Å². The lowest BCUT2D eigenvalue weighted by Gasteiger charge is -2.32. The first-order valence-corrected chi connectivity index (χ1v) is 14.2. The van der Waals surface area contributed by atoms with Crippen LogP contribution >= 0.6 is 0 Å². The van der Waals surface area contributed by atoms with Gasteiger partial charge in [-0.15, -0.1) is 0 Å². The normalized spacial score (nSPS) is 21.1. The van der Waals surface area contributed by atoms with E-state index in [4.69, 9.17) is 19.3 Å². The van der Waals surface area contributed by atoms with E-state index in [0.717, 1.165) is 49.9 Å². The van der Waals surface area contributed by atoms with Crippen LogP contribution in [0, 0.1) is 11.7 Å². The highest BCUT2D eigenvalue weighted by molar-refractivity contribution is 6.03. The number of hydrogen-bond donors (Lipinski definition) is 0. The van der Waals surface area contributed by atoms with Gasteiger partial charge in [-0.2, -0.15) is 5.10 Å². The van der Waals surface area contributed by atoms with E-state index in [1.54, 1.807) is 17.0 Å². The number of morpholine rings is 1. The fraction of sp³-hybridized carbons (Fsp3) is 0.500. The molecule has 0 N–H and O–H groups in total. The van der Waals surface area contributed by atoms with Gasteiger partial charge < -0.3 is 19.1 Å². The highest BCUT2D eigenvalue weighted by atomic mass is 19.1. The molecule has 6 rings (SSSR count). The summed E-state index contributed by atoms with van der Waals surface area (Å²) in [6.45, 7) is 4.31. The van der Waals surface area contributed by atoms with Crippen LogP contribution in [0.3, 0.4) is 0 Å². The average Bonchev–Trinajstić information content (AvgIpc) is 3.76. The standard InChI is InChI=1S/C30H35FN4O5/c31-24-8-5-21(6-9-24)25-18-26(23-7-10-27-28(17-23)40-20-39-27)35(32-25)29(36)19-34(30(37)22-3-1-2-4-22)12-11-33-13-15-38-16-14-33/h5-10,17,22,26H,1-4,11-16,18-20H2. The van der Waals surface area contributed by atoms with Crippen molar-refractivity contribution in [3.8, 4) is 11.5 Å². The molecular weight excluding hydrogens is 515 g/mol. The van der Waals surface area contributed by atoms with Crippen molar-refractivity contribution in [1.29, 1.82) is 0 Å². The van der Waals surface area contributed by atoms with Crippen molar-refractivity contribution in [2.45, 2.75) is 38.1 Å². The van der Waals surface area contributed by atoms with Crippen LogP contribution in [0.25, 0.3) is 0 Å². The quantitative estimate of drug-likeness (QED) is 0.500. The Bertz CT molecular complexity index is 1260. The third-order valence-corrected chi connectivity index (χ3v) is 8.26. The summed E-state index contributed by atoms with van der Waals surface area (Å²) in [7, 11) is 0. The third kappa shape index (κ3) is 5.83. The Kier molecular flexibility index (Phi) is 7.97. The molecule has 1 saturated heterocycles. The Morgan fingerprint density at radius 1 is 1.00 bits per heavy atom. The van der Waals surface area contributed by atoms with E-state index in [1.165, 1.54) is 17.1 Å². The largest absolute Gasteiger partial charge is 0.454 e. The van der Waals surface area contributed by atoms with Gasteiger partial charge in [0, 0.05) is 38.5 Å². The number of carbonyl (C=O) groups is 2. The molecule has 212 valence electrons. The summed E-state index contributed by atoms with van der Waals surface area (Å²) in [5.74, 6) is 0.746. The highest BCUT2D eigenvalue weighted by Gasteiger charge is 2.36. The molecule has 2 aromatic carbocycles. The van der Waals surface area contributed by atoms with Gasteiger partial charge in [-0.25, -0.2) is 9.40 Å². The molecule has 0 radical (unpaired) electrons. The number of carbonyl (C=O) groups excluding carboxylic acids is 2. The van der Waals surface area contributed by atoms with Gasteiger partial charge in [0.15, 0.2) is 11.5 Å².